The molecule has 3 rings (SSSR count). The molecule has 2 aromatic rings. The Morgan fingerprint density at radius 3 is 2.86 bits per heavy atom. The Morgan fingerprint density at radius 2 is 2.10 bits per heavy atom. The average molecular weight is 533 g/mol. The minimum absolute atomic E-state index is 0. The molecule has 2 heterocycles. The van der Waals surface area contributed by atoms with E-state index in [1.165, 1.54) is 19.3 Å². The van der Waals surface area contributed by atoms with Crippen molar-refractivity contribution in [2.75, 3.05) is 20.2 Å². The predicted octanol–water partition coefficient (Wildman–Crippen LogP) is 3.58. The maximum absolute atomic E-state index is 6.32. The number of benzene rings is 1. The number of aliphatic imine (C=N–C) groups is 1. The summed E-state index contributed by atoms with van der Waals surface area (Å²) in [6.07, 6.45) is 5.44. The van der Waals surface area contributed by atoms with Crippen LogP contribution in [0.2, 0.25) is 5.02 Å². The molecule has 1 aromatic carbocycles. The molecule has 7 nitrogen and oxygen atoms in total. The second-order valence-corrected chi connectivity index (χ2v) is 7.23. The number of methoxy groups -OCH3 is 1. The molecule has 9 heteroatoms. The van der Waals surface area contributed by atoms with Crippen LogP contribution in [0.5, 0.6) is 5.75 Å². The Bertz CT molecular complexity index is 810. The maximum atomic E-state index is 6.32. The molecule has 0 amide bonds. The van der Waals surface area contributed by atoms with E-state index in [0.29, 0.717) is 11.6 Å². The Balaban J connectivity index is 0.00000300. The molecule has 0 atom stereocenters. The number of nitrogens with one attached hydrogen (secondary N) is 2. The largest absolute Gasteiger partial charge is 0.497 e. The maximum Gasteiger partial charge on any atom is 0.191 e. The zero-order chi connectivity index (χ0) is 19.8. The standard InChI is InChI=1S/C20H29ClN6O.HI/c1-3-22-20(23-11-10-15-8-9-16(28-2)13-17(15)21)24-14-19-26-25-18-7-5-4-6-12-27(18)19;/h8-9,13H,3-7,10-12,14H2,1-2H3,(H2,22,23,24);1H. The molecule has 1 aliphatic rings. The molecule has 2 N–H and O–H groups in total. The summed E-state index contributed by atoms with van der Waals surface area (Å²) >= 11 is 6.32. The van der Waals surface area contributed by atoms with Crippen molar-refractivity contribution < 1.29 is 4.74 Å². The molecule has 29 heavy (non-hydrogen) atoms. The van der Waals surface area contributed by atoms with Gasteiger partial charge in [-0.05, 0) is 43.9 Å². The summed E-state index contributed by atoms with van der Waals surface area (Å²) < 4.78 is 7.43. The zero-order valence-corrected chi connectivity index (χ0v) is 20.2. The van der Waals surface area contributed by atoms with Crippen molar-refractivity contribution in [3.63, 3.8) is 0 Å². The number of ether oxygens (including phenoxy) is 1. The summed E-state index contributed by atoms with van der Waals surface area (Å²) in [5.74, 6) is 3.57. The first-order valence-corrected chi connectivity index (χ1v) is 10.3. The highest BCUT2D eigenvalue weighted by molar-refractivity contribution is 14.0. The lowest BCUT2D eigenvalue weighted by molar-refractivity contribution is 0.414. The number of aromatic nitrogens is 3. The summed E-state index contributed by atoms with van der Waals surface area (Å²) in [7, 11) is 1.64. The van der Waals surface area contributed by atoms with Crippen LogP contribution in [-0.4, -0.2) is 40.9 Å². The number of hydrogen-bond donors (Lipinski definition) is 2. The normalized spacial score (nSPS) is 13.8. The van der Waals surface area contributed by atoms with E-state index < -0.39 is 0 Å². The molecule has 160 valence electrons. The molecule has 0 radical (unpaired) electrons. The van der Waals surface area contributed by atoms with E-state index in [2.05, 4.69) is 32.3 Å². The van der Waals surface area contributed by atoms with Crippen molar-refractivity contribution in [1.82, 2.24) is 25.4 Å². The number of aryl methyl sites for hydroxylation is 1. The fourth-order valence-corrected chi connectivity index (χ4v) is 3.59. The molecule has 1 aliphatic heterocycles. The predicted molar refractivity (Wildman–Crippen MR) is 128 cm³/mol. The van der Waals surface area contributed by atoms with Crippen LogP contribution in [0.3, 0.4) is 0 Å². The van der Waals surface area contributed by atoms with E-state index in [0.717, 1.165) is 61.4 Å². The number of hydrogen-bond acceptors (Lipinski definition) is 4. The number of rotatable bonds is 7. The van der Waals surface area contributed by atoms with E-state index in [1.807, 2.05) is 18.2 Å². The molecule has 0 unspecified atom stereocenters. The minimum Gasteiger partial charge on any atom is -0.497 e. The number of guanidine groups is 1. The van der Waals surface area contributed by atoms with E-state index >= 15 is 0 Å². The second-order valence-electron chi connectivity index (χ2n) is 6.82. The Kier molecular flexibility index (Phi) is 9.99. The lowest BCUT2D eigenvalue weighted by Gasteiger charge is -2.12. The van der Waals surface area contributed by atoms with Crippen molar-refractivity contribution in [3.05, 3.63) is 40.4 Å². The van der Waals surface area contributed by atoms with Crippen LogP contribution in [0.4, 0.5) is 0 Å². The van der Waals surface area contributed by atoms with Crippen LogP contribution in [0.1, 0.15) is 43.4 Å². The van der Waals surface area contributed by atoms with Gasteiger partial charge in [-0.1, -0.05) is 24.1 Å². The van der Waals surface area contributed by atoms with Crippen LogP contribution >= 0.6 is 35.6 Å². The minimum atomic E-state index is 0. The van der Waals surface area contributed by atoms with Crippen LogP contribution in [0.15, 0.2) is 23.2 Å². The van der Waals surface area contributed by atoms with E-state index in [1.54, 1.807) is 7.11 Å². The van der Waals surface area contributed by atoms with Crippen molar-refractivity contribution in [3.8, 4) is 5.75 Å². The first-order chi connectivity index (χ1) is 13.7. The monoisotopic (exact) mass is 532 g/mol. The number of fused-ring (bicyclic) bond motifs is 1. The molecule has 0 saturated carbocycles. The number of nitrogens with zero attached hydrogens (tertiary/aromatic N) is 4. The molecule has 1 aromatic heterocycles. The van der Waals surface area contributed by atoms with Crippen LogP contribution in [0, 0.1) is 0 Å². The summed E-state index contributed by atoms with van der Waals surface area (Å²) in [5, 5.41) is 16.1. The van der Waals surface area contributed by atoms with Gasteiger partial charge in [0.05, 0.1) is 7.11 Å². The van der Waals surface area contributed by atoms with Gasteiger partial charge in [0.25, 0.3) is 0 Å². The van der Waals surface area contributed by atoms with Gasteiger partial charge < -0.3 is 19.9 Å². The van der Waals surface area contributed by atoms with Crippen molar-refractivity contribution in [2.24, 2.45) is 4.99 Å². The molecule has 0 fully saturated rings. The third kappa shape index (κ3) is 6.74. The first kappa shape index (κ1) is 23.7. The smallest absolute Gasteiger partial charge is 0.191 e. The van der Waals surface area contributed by atoms with Crippen molar-refractivity contribution in [2.45, 2.75) is 52.1 Å². The lowest BCUT2D eigenvalue weighted by atomic mass is 10.1. The first-order valence-electron chi connectivity index (χ1n) is 9.96. The van der Waals surface area contributed by atoms with Crippen molar-refractivity contribution in [1.29, 1.82) is 0 Å². The van der Waals surface area contributed by atoms with Crippen LogP contribution < -0.4 is 15.4 Å². The van der Waals surface area contributed by atoms with Crippen LogP contribution in [0.25, 0.3) is 0 Å². The SMILES string of the molecule is CCNC(=NCc1nnc2n1CCCCC2)NCCc1ccc(OC)cc1Cl.I. The van der Waals surface area contributed by atoms with Crippen molar-refractivity contribution >= 4 is 41.5 Å². The molecule has 0 spiro atoms. The quantitative estimate of drug-likeness (QED) is 0.324. The van der Waals surface area contributed by atoms with E-state index in [9.17, 15) is 0 Å². The molecular weight excluding hydrogens is 503 g/mol. The lowest BCUT2D eigenvalue weighted by Crippen LogP contribution is -2.38. The zero-order valence-electron chi connectivity index (χ0n) is 17.1. The third-order valence-electron chi connectivity index (χ3n) is 4.86. The molecule has 0 saturated heterocycles. The Morgan fingerprint density at radius 1 is 1.24 bits per heavy atom. The average Bonchev–Trinajstić information content (AvgIpc) is 2.93. The van der Waals surface area contributed by atoms with Gasteiger partial charge in [0.1, 0.15) is 18.1 Å². The highest BCUT2D eigenvalue weighted by atomic mass is 127. The summed E-state index contributed by atoms with van der Waals surface area (Å²) in [4.78, 5) is 4.69. The van der Waals surface area contributed by atoms with E-state index in [4.69, 9.17) is 21.3 Å². The van der Waals surface area contributed by atoms with Gasteiger partial charge in [0.2, 0.25) is 0 Å². The highest BCUT2D eigenvalue weighted by Gasteiger charge is 2.14. The molecule has 0 bridgehead atoms. The molecular formula is C20H30ClIN6O. The number of halogens is 2. The van der Waals surface area contributed by atoms with Gasteiger partial charge in [-0.25, -0.2) is 4.99 Å². The van der Waals surface area contributed by atoms with E-state index in [-0.39, 0.29) is 24.0 Å². The van der Waals surface area contributed by atoms with Gasteiger partial charge in [0.15, 0.2) is 11.8 Å². The van der Waals surface area contributed by atoms with Gasteiger partial charge in [-0.3, -0.25) is 0 Å². The highest BCUT2D eigenvalue weighted by Crippen LogP contribution is 2.22. The van der Waals surface area contributed by atoms with Crippen LogP contribution in [-0.2, 0) is 25.9 Å². The Hall–Kier alpha value is -1.55. The Labute approximate surface area is 194 Å². The second kappa shape index (κ2) is 12.2. The van der Waals surface area contributed by atoms with Gasteiger partial charge in [-0.15, -0.1) is 34.2 Å². The van der Waals surface area contributed by atoms with Gasteiger partial charge in [0, 0.05) is 31.1 Å². The summed E-state index contributed by atoms with van der Waals surface area (Å²) in [5.41, 5.74) is 1.08. The third-order valence-corrected chi connectivity index (χ3v) is 5.21. The topological polar surface area (TPSA) is 76.4 Å². The van der Waals surface area contributed by atoms with Gasteiger partial charge >= 0.3 is 0 Å². The fraction of sp³-hybridized carbons (Fsp3) is 0.550. The van der Waals surface area contributed by atoms with Gasteiger partial charge in [-0.2, -0.15) is 0 Å². The summed E-state index contributed by atoms with van der Waals surface area (Å²) in [6, 6.07) is 5.77. The molecule has 0 aliphatic carbocycles. The fourth-order valence-electron chi connectivity index (χ4n) is 3.33. The summed E-state index contributed by atoms with van der Waals surface area (Å²) in [6.45, 7) is 5.10.